The van der Waals surface area contributed by atoms with Gasteiger partial charge < -0.3 is 33.6 Å². The molecule has 0 aromatic rings. The van der Waals surface area contributed by atoms with E-state index in [1.54, 1.807) is 0 Å². The first kappa shape index (κ1) is 49.7. The second-order valence-corrected chi connectivity index (χ2v) is 17.5. The summed E-state index contributed by atoms with van der Waals surface area (Å²) in [5.41, 5.74) is 0. The molecule has 1 amide bonds. The third-order valence-electron chi connectivity index (χ3n) is 9.78. The van der Waals surface area contributed by atoms with Gasteiger partial charge in [0.25, 0.3) is 7.82 Å². The smallest absolute Gasteiger partial charge is 0.268 e. The number of ether oxygens (including phenoxy) is 1. The van der Waals surface area contributed by atoms with E-state index in [4.69, 9.17) is 13.8 Å². The van der Waals surface area contributed by atoms with Crippen molar-refractivity contribution in [3.8, 4) is 0 Å². The molecule has 1 heterocycles. The van der Waals surface area contributed by atoms with Crippen LogP contribution < -0.4 is 10.2 Å². The lowest BCUT2D eigenvalue weighted by molar-refractivity contribution is -0.870. The number of epoxide rings is 1. The number of aliphatic hydroxyl groups is 1. The monoisotopic (exact) mass is 769 g/mol. The van der Waals surface area contributed by atoms with Crippen molar-refractivity contribution in [3.05, 3.63) is 36.5 Å². The number of quaternary nitrogens is 1. The van der Waals surface area contributed by atoms with E-state index in [0.29, 0.717) is 30.0 Å². The third kappa shape index (κ3) is 31.6. The van der Waals surface area contributed by atoms with Gasteiger partial charge in [-0.15, -0.1) is 0 Å². The van der Waals surface area contributed by atoms with Crippen LogP contribution in [0.5, 0.6) is 0 Å². The molecule has 5 atom stereocenters. The molecule has 1 rings (SSSR count). The Bertz CT molecular complexity index is 1030. The van der Waals surface area contributed by atoms with Gasteiger partial charge in [0, 0.05) is 6.42 Å². The number of carbonyl (C=O) groups is 1. The van der Waals surface area contributed by atoms with Crippen molar-refractivity contribution in [2.45, 2.75) is 192 Å². The van der Waals surface area contributed by atoms with E-state index in [0.717, 1.165) is 44.9 Å². The highest BCUT2D eigenvalue weighted by Crippen LogP contribution is 2.38. The first-order valence-corrected chi connectivity index (χ1v) is 22.9. The molecule has 3 unspecified atom stereocenters. The Hall–Kier alpha value is -1.32. The summed E-state index contributed by atoms with van der Waals surface area (Å²) >= 11 is 0. The summed E-state index contributed by atoms with van der Waals surface area (Å²) < 4.78 is 29.0. The topological polar surface area (TPSA) is 120 Å². The molecule has 1 aliphatic heterocycles. The number of nitrogens with zero attached hydrogens (tertiary/aromatic N) is 1. The number of likely N-dealkylation sites (N-methyl/N-ethyl adjacent to an activating group) is 1. The second kappa shape index (κ2) is 31.8. The maximum absolute atomic E-state index is 12.9. The standard InChI is InChI=1S/C43H81N2O7P/c1-6-8-10-12-14-16-17-18-19-21-22-24-28-32-40(46)39(38-51-53(48,49)50-37-36-45(3,4)5)44-43(47)35-31-27-26-30-34-42-41(52-42)33-29-25-23-20-15-13-11-9-7-2/h15,20,25-26,29-30,39-42,46H,6-14,16-19,21-24,27-28,31-38H2,1-5H3,(H-,44,47,48,49)/b20-15-,29-25-,30-26-/t39-,40+,41?,42?/m0/s1. The Morgan fingerprint density at radius 3 is 1.87 bits per heavy atom. The summed E-state index contributed by atoms with van der Waals surface area (Å²) in [7, 11) is 1.26. The number of phosphoric ester groups is 1. The van der Waals surface area contributed by atoms with Gasteiger partial charge in [0.15, 0.2) is 0 Å². The molecule has 310 valence electrons. The van der Waals surface area contributed by atoms with Crippen LogP contribution in [0, 0.1) is 0 Å². The van der Waals surface area contributed by atoms with Crippen LogP contribution in [-0.4, -0.2) is 80.8 Å². The Labute approximate surface area is 325 Å². The first-order chi connectivity index (χ1) is 25.5. The van der Waals surface area contributed by atoms with Crippen LogP contribution in [-0.2, 0) is 23.1 Å². The summed E-state index contributed by atoms with van der Waals surface area (Å²) in [6, 6.07) is -0.834. The SMILES string of the molecule is CCCCC/C=C\C/C=C\CC1OC1C/C=C\CCCC(=O)N[C@@H](COP(=O)([O-])OCC[N+](C)(C)C)[C@H](O)CCCCCCCCCCCCCCC. The first-order valence-electron chi connectivity index (χ1n) is 21.5. The van der Waals surface area contributed by atoms with Crippen molar-refractivity contribution in [1.82, 2.24) is 5.32 Å². The maximum Gasteiger partial charge on any atom is 0.268 e. The summed E-state index contributed by atoms with van der Waals surface area (Å²) in [5.74, 6) is -0.226. The lowest BCUT2D eigenvalue weighted by Crippen LogP contribution is -2.46. The zero-order chi connectivity index (χ0) is 39.0. The van der Waals surface area contributed by atoms with E-state index in [2.05, 4.69) is 55.6 Å². The summed E-state index contributed by atoms with van der Waals surface area (Å²) in [6.45, 7) is 4.62. The van der Waals surface area contributed by atoms with Gasteiger partial charge in [-0.2, -0.15) is 0 Å². The molecule has 9 nitrogen and oxygen atoms in total. The number of amides is 1. The minimum atomic E-state index is -4.58. The van der Waals surface area contributed by atoms with Gasteiger partial charge in [0.1, 0.15) is 13.2 Å². The average Bonchev–Trinajstić information content (AvgIpc) is 3.86. The number of carbonyl (C=O) groups excluding carboxylic acids is 1. The van der Waals surface area contributed by atoms with E-state index >= 15 is 0 Å². The van der Waals surface area contributed by atoms with Crippen LogP contribution in [0.3, 0.4) is 0 Å². The molecule has 0 aromatic heterocycles. The molecule has 0 aliphatic carbocycles. The molecule has 0 bridgehead atoms. The van der Waals surface area contributed by atoms with Crippen LogP contribution in [0.1, 0.15) is 168 Å². The summed E-state index contributed by atoms with van der Waals surface area (Å²) in [6.07, 6.45) is 38.8. The molecule has 1 fully saturated rings. The quantitative estimate of drug-likeness (QED) is 0.0212. The maximum atomic E-state index is 12.9. The second-order valence-electron chi connectivity index (χ2n) is 16.1. The average molecular weight is 769 g/mol. The highest BCUT2D eigenvalue weighted by molar-refractivity contribution is 7.45. The zero-order valence-corrected chi connectivity index (χ0v) is 35.6. The van der Waals surface area contributed by atoms with Gasteiger partial charge >= 0.3 is 0 Å². The number of hydrogen-bond donors (Lipinski definition) is 2. The van der Waals surface area contributed by atoms with Crippen LogP contribution in [0.25, 0.3) is 0 Å². The normalized spacial score (nSPS) is 18.6. The number of aliphatic hydroxyl groups excluding tert-OH is 1. The summed E-state index contributed by atoms with van der Waals surface area (Å²) in [4.78, 5) is 25.3. The number of rotatable bonds is 37. The van der Waals surface area contributed by atoms with E-state index in [1.807, 2.05) is 21.1 Å². The molecule has 10 heteroatoms. The van der Waals surface area contributed by atoms with Crippen molar-refractivity contribution >= 4 is 13.7 Å². The Balaban J connectivity index is 2.37. The van der Waals surface area contributed by atoms with Crippen LogP contribution in [0.2, 0.25) is 0 Å². The van der Waals surface area contributed by atoms with Gasteiger partial charge in [0.05, 0.1) is 52.1 Å². The zero-order valence-electron chi connectivity index (χ0n) is 34.7. The van der Waals surface area contributed by atoms with Gasteiger partial charge in [-0.05, 0) is 51.4 Å². The fraction of sp³-hybridized carbons (Fsp3) is 0.837. The predicted octanol–water partition coefficient (Wildman–Crippen LogP) is 9.88. The summed E-state index contributed by atoms with van der Waals surface area (Å²) in [5, 5.41) is 13.9. The van der Waals surface area contributed by atoms with Gasteiger partial charge in [-0.1, -0.05) is 147 Å². The Morgan fingerprint density at radius 2 is 1.26 bits per heavy atom. The minimum Gasteiger partial charge on any atom is -0.756 e. The molecule has 1 saturated heterocycles. The molecule has 0 saturated carbocycles. The Morgan fingerprint density at radius 1 is 0.755 bits per heavy atom. The number of phosphoric acid groups is 1. The molecule has 53 heavy (non-hydrogen) atoms. The van der Waals surface area contributed by atoms with E-state index in [9.17, 15) is 19.4 Å². The van der Waals surface area contributed by atoms with E-state index in [1.165, 1.54) is 89.9 Å². The lowest BCUT2D eigenvalue weighted by Gasteiger charge is -2.30. The van der Waals surface area contributed by atoms with E-state index < -0.39 is 20.0 Å². The van der Waals surface area contributed by atoms with Crippen molar-refractivity contribution in [2.24, 2.45) is 0 Å². The third-order valence-corrected chi connectivity index (χ3v) is 10.7. The van der Waals surface area contributed by atoms with Gasteiger partial charge in [0.2, 0.25) is 5.91 Å². The van der Waals surface area contributed by atoms with Crippen molar-refractivity contribution in [3.63, 3.8) is 0 Å². The largest absolute Gasteiger partial charge is 0.756 e. The molecule has 0 spiro atoms. The predicted molar refractivity (Wildman–Crippen MR) is 219 cm³/mol. The number of allylic oxidation sites excluding steroid dienone is 4. The molecular weight excluding hydrogens is 687 g/mol. The minimum absolute atomic E-state index is 0.00195. The van der Waals surface area contributed by atoms with Crippen molar-refractivity contribution in [2.75, 3.05) is 40.9 Å². The van der Waals surface area contributed by atoms with Crippen molar-refractivity contribution in [1.29, 1.82) is 0 Å². The molecular formula is C43H81N2O7P. The van der Waals surface area contributed by atoms with Crippen molar-refractivity contribution < 1.29 is 37.6 Å². The molecule has 1 aliphatic rings. The lowest BCUT2D eigenvalue weighted by atomic mass is 10.0. The van der Waals surface area contributed by atoms with Crippen LogP contribution >= 0.6 is 7.82 Å². The highest BCUT2D eigenvalue weighted by atomic mass is 31.2. The highest BCUT2D eigenvalue weighted by Gasteiger charge is 2.36. The number of unbranched alkanes of at least 4 members (excludes halogenated alkanes) is 16. The van der Waals surface area contributed by atoms with Gasteiger partial charge in [-0.25, -0.2) is 0 Å². The van der Waals surface area contributed by atoms with Crippen LogP contribution in [0.4, 0.5) is 0 Å². The molecule has 2 N–H and O–H groups in total. The fourth-order valence-corrected chi connectivity index (χ4v) is 6.91. The molecule has 0 radical (unpaired) electrons. The fourth-order valence-electron chi connectivity index (χ4n) is 6.19. The van der Waals surface area contributed by atoms with Gasteiger partial charge in [-0.3, -0.25) is 9.36 Å². The van der Waals surface area contributed by atoms with Crippen LogP contribution in [0.15, 0.2) is 36.5 Å². The number of nitrogens with one attached hydrogen (secondary N) is 1. The molecule has 0 aromatic carbocycles. The Kier molecular flexibility index (Phi) is 29.9. The number of hydrogen-bond acceptors (Lipinski definition) is 7. The van der Waals surface area contributed by atoms with E-state index in [-0.39, 0.29) is 31.6 Å².